The predicted molar refractivity (Wildman–Crippen MR) is 78.5 cm³/mol. The number of halogens is 2. The largest absolute Gasteiger partial charge is 0.311 e. The molecular formula is C14H20Cl2N2. The lowest BCUT2D eigenvalue weighted by Crippen LogP contribution is -2.54. The Balaban J connectivity index is 2.18. The molecule has 0 saturated carbocycles. The van der Waals surface area contributed by atoms with Gasteiger partial charge in [0, 0.05) is 31.2 Å². The van der Waals surface area contributed by atoms with Crippen LogP contribution >= 0.6 is 23.2 Å². The normalized spacial score (nSPS) is 27.2. The molecule has 4 heteroatoms. The molecule has 1 aliphatic heterocycles. The van der Waals surface area contributed by atoms with Crippen molar-refractivity contribution in [2.45, 2.75) is 38.9 Å². The van der Waals surface area contributed by atoms with E-state index in [-0.39, 0.29) is 0 Å². The van der Waals surface area contributed by atoms with Crippen LogP contribution in [0.1, 0.15) is 32.4 Å². The van der Waals surface area contributed by atoms with E-state index in [1.54, 1.807) is 0 Å². The van der Waals surface area contributed by atoms with Gasteiger partial charge in [-0.15, -0.1) is 0 Å². The molecule has 1 heterocycles. The Morgan fingerprint density at radius 1 is 1.28 bits per heavy atom. The van der Waals surface area contributed by atoms with Crippen LogP contribution in [-0.2, 0) is 0 Å². The van der Waals surface area contributed by atoms with Gasteiger partial charge in [-0.1, -0.05) is 29.3 Å². The molecule has 3 atom stereocenters. The monoisotopic (exact) mass is 286 g/mol. The summed E-state index contributed by atoms with van der Waals surface area (Å²) in [6.07, 6.45) is 0. The van der Waals surface area contributed by atoms with Crippen LogP contribution in [0, 0.1) is 0 Å². The van der Waals surface area contributed by atoms with Crippen molar-refractivity contribution in [3.8, 4) is 0 Å². The molecule has 1 saturated heterocycles. The SMILES string of the molecule is CC1CN(C(C)c2ccc(Cl)c(Cl)c2)C(C)CN1. The summed E-state index contributed by atoms with van der Waals surface area (Å²) in [6.45, 7) is 8.80. The minimum absolute atomic E-state index is 0.360. The molecule has 0 amide bonds. The third-order valence-corrected chi connectivity index (χ3v) is 4.48. The lowest BCUT2D eigenvalue weighted by atomic mass is 10.0. The number of hydrogen-bond donors (Lipinski definition) is 1. The van der Waals surface area contributed by atoms with E-state index in [0.717, 1.165) is 13.1 Å². The van der Waals surface area contributed by atoms with Gasteiger partial charge in [-0.05, 0) is 38.5 Å². The van der Waals surface area contributed by atoms with E-state index < -0.39 is 0 Å². The zero-order valence-electron chi connectivity index (χ0n) is 11.1. The fraction of sp³-hybridized carbons (Fsp3) is 0.571. The third kappa shape index (κ3) is 3.00. The molecule has 0 bridgehead atoms. The van der Waals surface area contributed by atoms with Crippen molar-refractivity contribution >= 4 is 23.2 Å². The maximum Gasteiger partial charge on any atom is 0.0595 e. The fourth-order valence-electron chi connectivity index (χ4n) is 2.55. The van der Waals surface area contributed by atoms with Gasteiger partial charge in [0.2, 0.25) is 0 Å². The van der Waals surface area contributed by atoms with Gasteiger partial charge in [-0.3, -0.25) is 4.90 Å². The Morgan fingerprint density at radius 3 is 2.67 bits per heavy atom. The lowest BCUT2D eigenvalue weighted by Gasteiger charge is -2.41. The average Bonchev–Trinajstić information content (AvgIpc) is 2.35. The summed E-state index contributed by atoms with van der Waals surface area (Å²) >= 11 is 12.1. The van der Waals surface area contributed by atoms with Crippen LogP contribution in [0.25, 0.3) is 0 Å². The lowest BCUT2D eigenvalue weighted by molar-refractivity contribution is 0.103. The molecule has 18 heavy (non-hydrogen) atoms. The second-order valence-corrected chi connectivity index (χ2v) is 6.02. The second kappa shape index (κ2) is 5.79. The molecule has 0 spiro atoms. The van der Waals surface area contributed by atoms with Crippen molar-refractivity contribution in [1.82, 2.24) is 10.2 Å². The van der Waals surface area contributed by atoms with Crippen LogP contribution in [0.5, 0.6) is 0 Å². The van der Waals surface area contributed by atoms with Gasteiger partial charge in [-0.2, -0.15) is 0 Å². The fourth-order valence-corrected chi connectivity index (χ4v) is 2.86. The molecular weight excluding hydrogens is 267 g/mol. The summed E-state index contributed by atoms with van der Waals surface area (Å²) in [5.41, 5.74) is 1.23. The highest BCUT2D eigenvalue weighted by molar-refractivity contribution is 6.42. The van der Waals surface area contributed by atoms with Crippen molar-refractivity contribution in [2.24, 2.45) is 0 Å². The molecule has 2 nitrogen and oxygen atoms in total. The van der Waals surface area contributed by atoms with Crippen molar-refractivity contribution in [3.05, 3.63) is 33.8 Å². The van der Waals surface area contributed by atoms with Gasteiger partial charge in [0.25, 0.3) is 0 Å². The molecule has 1 aliphatic rings. The summed E-state index contributed by atoms with van der Waals surface area (Å²) in [5, 5.41) is 4.76. The Bertz CT molecular complexity index is 422. The average molecular weight is 287 g/mol. The minimum atomic E-state index is 0.360. The van der Waals surface area contributed by atoms with Crippen molar-refractivity contribution < 1.29 is 0 Å². The number of nitrogens with one attached hydrogen (secondary N) is 1. The first-order chi connectivity index (χ1) is 8.49. The number of rotatable bonds is 2. The van der Waals surface area contributed by atoms with E-state index in [1.807, 2.05) is 12.1 Å². The van der Waals surface area contributed by atoms with Crippen LogP contribution in [0.4, 0.5) is 0 Å². The van der Waals surface area contributed by atoms with Crippen molar-refractivity contribution in [3.63, 3.8) is 0 Å². The van der Waals surface area contributed by atoms with Gasteiger partial charge in [0.15, 0.2) is 0 Å². The van der Waals surface area contributed by atoms with E-state index in [1.165, 1.54) is 5.56 Å². The first-order valence-electron chi connectivity index (χ1n) is 6.43. The number of piperazine rings is 1. The maximum atomic E-state index is 6.10. The van der Waals surface area contributed by atoms with Gasteiger partial charge in [0.1, 0.15) is 0 Å². The van der Waals surface area contributed by atoms with Crippen LogP contribution in [-0.4, -0.2) is 30.1 Å². The summed E-state index contributed by atoms with van der Waals surface area (Å²) < 4.78 is 0. The van der Waals surface area contributed by atoms with Crippen LogP contribution in [0.15, 0.2) is 18.2 Å². The van der Waals surface area contributed by atoms with E-state index in [0.29, 0.717) is 28.2 Å². The summed E-state index contributed by atoms with van der Waals surface area (Å²) in [5.74, 6) is 0. The summed E-state index contributed by atoms with van der Waals surface area (Å²) in [4.78, 5) is 2.51. The predicted octanol–water partition coefficient (Wildman–Crippen LogP) is 3.74. The van der Waals surface area contributed by atoms with E-state index >= 15 is 0 Å². The summed E-state index contributed by atoms with van der Waals surface area (Å²) in [6, 6.07) is 7.36. The topological polar surface area (TPSA) is 15.3 Å². The Kier molecular flexibility index (Phi) is 4.54. The van der Waals surface area contributed by atoms with Gasteiger partial charge in [0.05, 0.1) is 10.0 Å². The molecule has 1 aromatic carbocycles. The molecule has 1 N–H and O–H groups in total. The third-order valence-electron chi connectivity index (χ3n) is 3.74. The van der Waals surface area contributed by atoms with E-state index in [9.17, 15) is 0 Å². The van der Waals surface area contributed by atoms with Crippen LogP contribution < -0.4 is 5.32 Å². The van der Waals surface area contributed by atoms with Gasteiger partial charge >= 0.3 is 0 Å². The van der Waals surface area contributed by atoms with Crippen LogP contribution in [0.2, 0.25) is 10.0 Å². The maximum absolute atomic E-state index is 6.10. The minimum Gasteiger partial charge on any atom is -0.311 e. The number of hydrogen-bond acceptors (Lipinski definition) is 2. The van der Waals surface area contributed by atoms with Crippen LogP contribution in [0.3, 0.4) is 0 Å². The van der Waals surface area contributed by atoms with E-state index in [4.69, 9.17) is 23.2 Å². The van der Waals surface area contributed by atoms with Gasteiger partial charge in [-0.25, -0.2) is 0 Å². The Morgan fingerprint density at radius 2 is 2.00 bits per heavy atom. The quantitative estimate of drug-likeness (QED) is 0.891. The highest BCUT2D eigenvalue weighted by Crippen LogP contribution is 2.29. The molecule has 1 aromatic rings. The molecule has 3 unspecified atom stereocenters. The molecule has 0 radical (unpaired) electrons. The van der Waals surface area contributed by atoms with Crippen molar-refractivity contribution in [2.75, 3.05) is 13.1 Å². The standard InChI is InChI=1S/C14H20Cl2N2/c1-9-8-18(10(2)7-17-9)11(3)12-4-5-13(15)14(16)6-12/h4-6,9-11,17H,7-8H2,1-3H3. The molecule has 1 fully saturated rings. The molecule has 2 rings (SSSR count). The zero-order valence-corrected chi connectivity index (χ0v) is 12.6. The number of benzene rings is 1. The number of nitrogens with zero attached hydrogens (tertiary/aromatic N) is 1. The highest BCUT2D eigenvalue weighted by atomic mass is 35.5. The Labute approximate surface area is 119 Å². The Hall–Kier alpha value is -0.280. The molecule has 0 aromatic heterocycles. The zero-order chi connectivity index (χ0) is 13.3. The highest BCUT2D eigenvalue weighted by Gasteiger charge is 2.27. The smallest absolute Gasteiger partial charge is 0.0595 e. The van der Waals surface area contributed by atoms with Crippen molar-refractivity contribution in [1.29, 1.82) is 0 Å². The summed E-state index contributed by atoms with van der Waals surface area (Å²) in [7, 11) is 0. The van der Waals surface area contributed by atoms with Gasteiger partial charge < -0.3 is 5.32 Å². The first-order valence-corrected chi connectivity index (χ1v) is 7.18. The second-order valence-electron chi connectivity index (χ2n) is 5.20. The van der Waals surface area contributed by atoms with E-state index in [2.05, 4.69) is 37.1 Å². The molecule has 0 aliphatic carbocycles. The molecule has 100 valence electrons. The first kappa shape index (κ1) is 14.1.